The van der Waals surface area contributed by atoms with Crippen LogP contribution in [0.15, 0.2) is 36.4 Å². The van der Waals surface area contributed by atoms with Gasteiger partial charge in [-0.3, -0.25) is 4.79 Å². The maximum Gasteiger partial charge on any atom is 0.156 e. The van der Waals surface area contributed by atoms with Gasteiger partial charge in [0.15, 0.2) is 5.78 Å². The van der Waals surface area contributed by atoms with E-state index in [1.54, 1.807) is 18.2 Å². The van der Waals surface area contributed by atoms with Crippen molar-refractivity contribution in [2.75, 3.05) is 0 Å². The Morgan fingerprint density at radius 2 is 2.17 bits per heavy atom. The molecule has 1 aliphatic heterocycles. The highest BCUT2D eigenvalue weighted by Gasteiger charge is 2.64. The molecule has 2 unspecified atom stereocenters. The van der Waals surface area contributed by atoms with Crippen molar-refractivity contribution in [3.05, 3.63) is 42.0 Å². The molecule has 0 aromatic heterocycles. The van der Waals surface area contributed by atoms with E-state index in [2.05, 4.69) is 20.4 Å². The number of hydrogen-bond acceptors (Lipinski definition) is 3. The Morgan fingerprint density at radius 1 is 1.39 bits per heavy atom. The van der Waals surface area contributed by atoms with E-state index in [4.69, 9.17) is 4.74 Å². The Kier molecular flexibility index (Phi) is 2.85. The number of carbonyl (C=O) groups excluding carboxylic acids is 1. The topological polar surface area (TPSA) is 46.5 Å². The van der Waals surface area contributed by atoms with Crippen LogP contribution in [0.1, 0.15) is 45.1 Å². The van der Waals surface area contributed by atoms with E-state index in [9.17, 15) is 9.90 Å². The van der Waals surface area contributed by atoms with Crippen LogP contribution in [0.4, 0.5) is 0 Å². The second kappa shape index (κ2) is 4.50. The van der Waals surface area contributed by atoms with Crippen molar-refractivity contribution in [2.45, 2.75) is 45.1 Å². The fourth-order valence-corrected chi connectivity index (χ4v) is 5.17. The zero-order valence-electron chi connectivity index (χ0n) is 13.7. The monoisotopic (exact) mass is 310 g/mol. The van der Waals surface area contributed by atoms with Crippen LogP contribution in [-0.4, -0.2) is 16.5 Å². The summed E-state index contributed by atoms with van der Waals surface area (Å²) in [5, 5.41) is 9.94. The molecule has 3 aliphatic rings. The van der Waals surface area contributed by atoms with E-state index in [1.165, 1.54) is 0 Å². The van der Waals surface area contributed by atoms with Crippen LogP contribution in [0.5, 0.6) is 11.5 Å². The van der Waals surface area contributed by atoms with E-state index in [-0.39, 0.29) is 22.5 Å². The summed E-state index contributed by atoms with van der Waals surface area (Å²) >= 11 is 0. The molecule has 0 saturated heterocycles. The van der Waals surface area contributed by atoms with Crippen LogP contribution in [0, 0.1) is 11.3 Å². The zero-order valence-corrected chi connectivity index (χ0v) is 13.7. The van der Waals surface area contributed by atoms with Crippen molar-refractivity contribution in [1.82, 2.24) is 0 Å². The molecule has 0 radical (unpaired) electrons. The van der Waals surface area contributed by atoms with Crippen LogP contribution in [0.2, 0.25) is 0 Å². The number of benzene rings is 1. The summed E-state index contributed by atoms with van der Waals surface area (Å²) in [6, 6.07) is 5.19. The lowest BCUT2D eigenvalue weighted by atomic mass is 9.56. The number of rotatable bonds is 1. The van der Waals surface area contributed by atoms with Crippen LogP contribution < -0.4 is 4.74 Å². The quantitative estimate of drug-likeness (QED) is 0.788. The van der Waals surface area contributed by atoms with Crippen molar-refractivity contribution in [3.63, 3.8) is 0 Å². The Labute approximate surface area is 136 Å². The summed E-state index contributed by atoms with van der Waals surface area (Å²) in [5.74, 6) is 1.44. The molecule has 1 saturated carbocycles. The van der Waals surface area contributed by atoms with Gasteiger partial charge in [-0.2, -0.15) is 0 Å². The smallest absolute Gasteiger partial charge is 0.156 e. The predicted molar refractivity (Wildman–Crippen MR) is 89.3 cm³/mol. The van der Waals surface area contributed by atoms with E-state index < -0.39 is 0 Å². The van der Waals surface area contributed by atoms with E-state index in [1.807, 2.05) is 6.07 Å². The van der Waals surface area contributed by atoms with Crippen LogP contribution in [0.3, 0.4) is 0 Å². The largest absolute Gasteiger partial charge is 0.508 e. The Bertz CT molecular complexity index is 760. The molecule has 120 valence electrons. The first kappa shape index (κ1) is 14.6. The summed E-state index contributed by atoms with van der Waals surface area (Å²) in [4.78, 5) is 12.2. The molecule has 1 spiro atoms. The number of phenols is 1. The van der Waals surface area contributed by atoms with Gasteiger partial charge in [-0.05, 0) is 68.9 Å². The van der Waals surface area contributed by atoms with Crippen molar-refractivity contribution >= 4 is 11.4 Å². The molecule has 23 heavy (non-hydrogen) atoms. The lowest BCUT2D eigenvalue weighted by Gasteiger charge is -2.53. The first-order valence-electron chi connectivity index (χ1n) is 8.30. The molecular formula is C20H22O3. The van der Waals surface area contributed by atoms with Crippen molar-refractivity contribution < 1.29 is 14.6 Å². The fourth-order valence-electron chi connectivity index (χ4n) is 5.17. The molecule has 1 heterocycles. The predicted octanol–water partition coefficient (Wildman–Crippen LogP) is 4.26. The Balaban J connectivity index is 2.03. The number of hydrogen-bond donors (Lipinski definition) is 1. The SMILES string of the molecule is C=C(C)[C@H]1CCC2(C)Oc3ccc(O)cc3C3=CC(=O)CCC312. The van der Waals surface area contributed by atoms with Gasteiger partial charge >= 0.3 is 0 Å². The standard InChI is InChI=1S/C20H22O3/c1-12(2)16-7-8-19(3)20(16)9-6-14(22)11-17(20)15-10-13(21)4-5-18(15)23-19/h4-5,10-11,16,21H,1,6-9H2,2-3H3/t16-,19?,20?/m1/s1. The maximum atomic E-state index is 12.2. The van der Waals surface area contributed by atoms with E-state index in [0.717, 1.165) is 41.7 Å². The van der Waals surface area contributed by atoms with Gasteiger partial charge in [0.25, 0.3) is 0 Å². The maximum absolute atomic E-state index is 12.2. The molecule has 3 nitrogen and oxygen atoms in total. The molecular weight excluding hydrogens is 288 g/mol. The van der Waals surface area contributed by atoms with Crippen molar-refractivity contribution in [2.24, 2.45) is 11.3 Å². The lowest BCUT2D eigenvalue weighted by Crippen LogP contribution is -2.53. The minimum Gasteiger partial charge on any atom is -0.508 e. The molecule has 1 fully saturated rings. The number of carbonyl (C=O) groups is 1. The zero-order chi connectivity index (χ0) is 16.4. The molecule has 4 rings (SSSR count). The first-order valence-corrected chi connectivity index (χ1v) is 8.30. The average Bonchev–Trinajstić information content (AvgIpc) is 2.78. The second-order valence-corrected chi connectivity index (χ2v) is 7.45. The third-order valence-corrected chi connectivity index (χ3v) is 6.18. The normalized spacial score (nSPS) is 34.8. The molecule has 1 aromatic carbocycles. The van der Waals surface area contributed by atoms with Crippen molar-refractivity contribution in [3.8, 4) is 11.5 Å². The van der Waals surface area contributed by atoms with E-state index in [0.29, 0.717) is 12.3 Å². The summed E-state index contributed by atoms with van der Waals surface area (Å²) in [6.45, 7) is 8.48. The van der Waals surface area contributed by atoms with Gasteiger partial charge in [0.1, 0.15) is 17.1 Å². The number of aromatic hydroxyl groups is 1. The molecule has 3 atom stereocenters. The van der Waals surface area contributed by atoms with Crippen LogP contribution >= 0.6 is 0 Å². The van der Waals surface area contributed by atoms with E-state index >= 15 is 0 Å². The Morgan fingerprint density at radius 3 is 2.91 bits per heavy atom. The number of ketones is 1. The molecule has 1 N–H and O–H groups in total. The first-order chi connectivity index (χ1) is 10.9. The van der Waals surface area contributed by atoms with Crippen LogP contribution in [0.25, 0.3) is 5.57 Å². The van der Waals surface area contributed by atoms with Gasteiger partial charge < -0.3 is 9.84 Å². The van der Waals surface area contributed by atoms with Gasteiger partial charge in [-0.25, -0.2) is 0 Å². The average molecular weight is 310 g/mol. The summed E-state index contributed by atoms with van der Waals surface area (Å²) < 4.78 is 6.47. The van der Waals surface area contributed by atoms with Gasteiger partial charge in [-0.1, -0.05) is 12.2 Å². The summed E-state index contributed by atoms with van der Waals surface area (Å²) in [7, 11) is 0. The summed E-state index contributed by atoms with van der Waals surface area (Å²) in [6.07, 6.45) is 5.12. The molecule has 2 aliphatic carbocycles. The third kappa shape index (κ3) is 1.73. The van der Waals surface area contributed by atoms with Gasteiger partial charge in [0, 0.05) is 17.4 Å². The minimum absolute atomic E-state index is 0.163. The summed E-state index contributed by atoms with van der Waals surface area (Å²) in [5.41, 5.74) is 2.52. The molecule has 1 aromatic rings. The number of allylic oxidation sites excluding steroid dienone is 2. The highest BCUT2D eigenvalue weighted by molar-refractivity contribution is 6.01. The number of ether oxygens (including phenoxy) is 1. The fraction of sp³-hybridized carbons (Fsp3) is 0.450. The lowest BCUT2D eigenvalue weighted by molar-refractivity contribution is -0.116. The minimum atomic E-state index is -0.326. The number of phenolic OH excluding ortho intramolecular Hbond substituents is 1. The van der Waals surface area contributed by atoms with Gasteiger partial charge in [0.05, 0.1) is 0 Å². The van der Waals surface area contributed by atoms with Gasteiger partial charge in [-0.15, -0.1) is 0 Å². The highest BCUT2D eigenvalue weighted by Crippen LogP contribution is 2.67. The number of fused-ring (bicyclic) bond motifs is 2. The molecule has 0 amide bonds. The highest BCUT2D eigenvalue weighted by atomic mass is 16.5. The molecule has 3 heteroatoms. The Hall–Kier alpha value is -2.03. The third-order valence-electron chi connectivity index (χ3n) is 6.18. The molecule has 0 bridgehead atoms. The second-order valence-electron chi connectivity index (χ2n) is 7.45. The van der Waals surface area contributed by atoms with Crippen LogP contribution in [-0.2, 0) is 4.79 Å². The van der Waals surface area contributed by atoms with Gasteiger partial charge in [0.2, 0.25) is 0 Å². The van der Waals surface area contributed by atoms with Crippen molar-refractivity contribution in [1.29, 1.82) is 0 Å².